The lowest BCUT2D eigenvalue weighted by atomic mass is 10.2. The largest absolute Gasteiger partial charge is 0.325 e. The summed E-state index contributed by atoms with van der Waals surface area (Å²) >= 11 is 13.2. The zero-order valence-corrected chi connectivity index (χ0v) is 16.1. The molecule has 3 rings (SSSR count). The van der Waals surface area contributed by atoms with Crippen LogP contribution in [0.4, 0.5) is 11.4 Å². The molecular weight excluding hydrogens is 393 g/mol. The Hall–Kier alpha value is -2.02. The molecule has 0 aliphatic carbocycles. The number of para-hydroxylation sites is 1. The molecule has 1 fully saturated rings. The minimum Gasteiger partial charge on any atom is -0.325 e. The Bertz CT molecular complexity index is 874. The van der Waals surface area contributed by atoms with Crippen molar-refractivity contribution in [2.75, 3.05) is 12.4 Å². The Balaban J connectivity index is 1.80. The first-order valence-electron chi connectivity index (χ1n) is 7.77. The number of amides is 2. The highest BCUT2D eigenvalue weighted by atomic mass is 35.5. The Labute approximate surface area is 165 Å². The number of benzene rings is 2. The normalized spacial score (nSPS) is 18.9. The van der Waals surface area contributed by atoms with Gasteiger partial charge in [-0.05, 0) is 30.3 Å². The van der Waals surface area contributed by atoms with E-state index in [9.17, 15) is 9.59 Å². The first kappa shape index (κ1) is 18.8. The van der Waals surface area contributed by atoms with Crippen molar-refractivity contribution in [3.05, 3.63) is 58.6 Å². The summed E-state index contributed by atoms with van der Waals surface area (Å²) in [6.45, 7) is 0. The maximum absolute atomic E-state index is 12.5. The molecule has 1 aliphatic rings. The molecular formula is C18H15Cl2N3O2S. The zero-order valence-electron chi connectivity index (χ0n) is 13.8. The van der Waals surface area contributed by atoms with Crippen LogP contribution in [-0.2, 0) is 9.59 Å². The summed E-state index contributed by atoms with van der Waals surface area (Å²) in [6.07, 6.45) is 0.111. The van der Waals surface area contributed by atoms with Crippen LogP contribution < -0.4 is 5.32 Å². The van der Waals surface area contributed by atoms with Gasteiger partial charge in [0.25, 0.3) is 0 Å². The van der Waals surface area contributed by atoms with E-state index < -0.39 is 5.25 Å². The lowest BCUT2D eigenvalue weighted by Gasteiger charge is -2.28. The van der Waals surface area contributed by atoms with Gasteiger partial charge >= 0.3 is 0 Å². The van der Waals surface area contributed by atoms with Crippen LogP contribution in [0.15, 0.2) is 53.5 Å². The predicted octanol–water partition coefficient (Wildman–Crippen LogP) is 4.58. The molecule has 0 spiro atoms. The van der Waals surface area contributed by atoms with Gasteiger partial charge in [0.05, 0.1) is 15.7 Å². The van der Waals surface area contributed by atoms with E-state index in [4.69, 9.17) is 23.2 Å². The van der Waals surface area contributed by atoms with Gasteiger partial charge in [0.15, 0.2) is 5.17 Å². The van der Waals surface area contributed by atoms with Crippen molar-refractivity contribution in [3.63, 3.8) is 0 Å². The molecule has 1 atom stereocenters. The molecule has 0 bridgehead atoms. The van der Waals surface area contributed by atoms with Crippen molar-refractivity contribution in [1.82, 2.24) is 4.90 Å². The third-order valence-electron chi connectivity index (χ3n) is 3.73. The number of nitrogens with zero attached hydrogens (tertiary/aromatic N) is 2. The molecule has 0 radical (unpaired) electrons. The van der Waals surface area contributed by atoms with Crippen LogP contribution in [-0.4, -0.2) is 34.2 Å². The first-order valence-corrected chi connectivity index (χ1v) is 9.40. The number of aliphatic imine (C=N–C) groups is 1. The van der Waals surface area contributed by atoms with E-state index in [1.165, 1.54) is 16.7 Å². The number of amidine groups is 1. The van der Waals surface area contributed by atoms with E-state index in [0.29, 0.717) is 26.6 Å². The molecule has 2 aromatic carbocycles. The number of rotatable bonds is 3. The zero-order chi connectivity index (χ0) is 18.7. The molecule has 1 N–H and O–H groups in total. The van der Waals surface area contributed by atoms with Crippen LogP contribution >= 0.6 is 35.0 Å². The van der Waals surface area contributed by atoms with E-state index in [1.54, 1.807) is 37.4 Å². The summed E-state index contributed by atoms with van der Waals surface area (Å²) in [4.78, 5) is 30.7. The molecule has 1 heterocycles. The molecule has 134 valence electrons. The second-order valence-corrected chi connectivity index (χ2v) is 7.60. The monoisotopic (exact) mass is 407 g/mol. The Morgan fingerprint density at radius 1 is 1.19 bits per heavy atom. The van der Waals surface area contributed by atoms with Crippen molar-refractivity contribution in [1.29, 1.82) is 0 Å². The Morgan fingerprint density at radius 2 is 1.92 bits per heavy atom. The lowest BCUT2D eigenvalue weighted by Crippen LogP contribution is -2.43. The molecule has 1 aliphatic heterocycles. The molecule has 1 unspecified atom stereocenters. The maximum Gasteiger partial charge on any atom is 0.238 e. The van der Waals surface area contributed by atoms with Crippen molar-refractivity contribution < 1.29 is 9.59 Å². The van der Waals surface area contributed by atoms with Gasteiger partial charge in [0.1, 0.15) is 5.25 Å². The molecule has 2 amide bonds. The van der Waals surface area contributed by atoms with E-state index in [-0.39, 0.29) is 18.2 Å². The van der Waals surface area contributed by atoms with Crippen molar-refractivity contribution in [3.8, 4) is 0 Å². The van der Waals surface area contributed by atoms with Gasteiger partial charge < -0.3 is 5.32 Å². The number of carbonyl (C=O) groups excluding carboxylic acids is 2. The van der Waals surface area contributed by atoms with Crippen LogP contribution in [0.25, 0.3) is 0 Å². The highest BCUT2D eigenvalue weighted by Gasteiger charge is 2.34. The highest BCUT2D eigenvalue weighted by Crippen LogP contribution is 2.31. The molecule has 0 saturated carbocycles. The average molecular weight is 408 g/mol. The van der Waals surface area contributed by atoms with Crippen LogP contribution in [0.1, 0.15) is 6.42 Å². The van der Waals surface area contributed by atoms with E-state index >= 15 is 0 Å². The van der Waals surface area contributed by atoms with E-state index in [1.807, 2.05) is 18.2 Å². The molecule has 26 heavy (non-hydrogen) atoms. The number of nitrogens with one attached hydrogen (secondary N) is 1. The summed E-state index contributed by atoms with van der Waals surface area (Å²) in [5, 5.41) is 3.51. The van der Waals surface area contributed by atoms with Gasteiger partial charge in [-0.15, -0.1) is 0 Å². The predicted molar refractivity (Wildman–Crippen MR) is 107 cm³/mol. The standard InChI is InChI=1S/C18H15Cl2N3O2S/c1-23-16(24)10-15(17(25)21-11-5-3-2-4-6-11)26-18(23)22-12-7-8-13(19)14(20)9-12/h2-9,15H,10H2,1H3,(H,21,25). The molecule has 2 aromatic rings. The van der Waals surface area contributed by atoms with Crippen LogP contribution in [0.5, 0.6) is 0 Å². The van der Waals surface area contributed by atoms with Gasteiger partial charge in [-0.25, -0.2) is 4.99 Å². The summed E-state index contributed by atoms with van der Waals surface area (Å²) in [5.41, 5.74) is 1.25. The number of anilines is 1. The van der Waals surface area contributed by atoms with Crippen LogP contribution in [0, 0.1) is 0 Å². The summed E-state index contributed by atoms with van der Waals surface area (Å²) in [7, 11) is 1.64. The fourth-order valence-corrected chi connectivity index (χ4v) is 3.66. The lowest BCUT2D eigenvalue weighted by molar-refractivity contribution is -0.128. The summed E-state index contributed by atoms with van der Waals surface area (Å²) in [6, 6.07) is 14.1. The summed E-state index contributed by atoms with van der Waals surface area (Å²) in [5.74, 6) is -0.403. The minimum absolute atomic E-state index is 0.111. The second-order valence-electron chi connectivity index (χ2n) is 5.61. The molecule has 8 heteroatoms. The second kappa shape index (κ2) is 8.12. The van der Waals surface area contributed by atoms with Gasteiger partial charge in [0.2, 0.25) is 11.8 Å². The van der Waals surface area contributed by atoms with Crippen molar-refractivity contribution in [2.24, 2.45) is 4.99 Å². The SMILES string of the molecule is CN1C(=O)CC(C(=O)Nc2ccccc2)SC1=Nc1ccc(Cl)c(Cl)c1. The molecule has 1 saturated heterocycles. The number of hydrogen-bond acceptors (Lipinski definition) is 4. The summed E-state index contributed by atoms with van der Waals surface area (Å²) < 4.78 is 0. The number of carbonyl (C=O) groups is 2. The molecule has 5 nitrogen and oxygen atoms in total. The van der Waals surface area contributed by atoms with Crippen molar-refractivity contribution >= 4 is 63.3 Å². The number of hydrogen-bond donors (Lipinski definition) is 1. The quantitative estimate of drug-likeness (QED) is 0.809. The van der Waals surface area contributed by atoms with Crippen molar-refractivity contribution in [2.45, 2.75) is 11.7 Å². The van der Waals surface area contributed by atoms with Crippen LogP contribution in [0.2, 0.25) is 10.0 Å². The fraction of sp³-hybridized carbons (Fsp3) is 0.167. The minimum atomic E-state index is -0.555. The number of halogens is 2. The Kier molecular flexibility index (Phi) is 5.86. The fourth-order valence-electron chi connectivity index (χ4n) is 2.31. The van der Waals surface area contributed by atoms with Crippen LogP contribution in [0.3, 0.4) is 0 Å². The third-order valence-corrected chi connectivity index (χ3v) is 5.71. The smallest absolute Gasteiger partial charge is 0.238 e. The highest BCUT2D eigenvalue weighted by molar-refractivity contribution is 8.15. The van der Waals surface area contributed by atoms with Gasteiger partial charge in [0, 0.05) is 19.2 Å². The third kappa shape index (κ3) is 4.38. The number of thioether (sulfide) groups is 1. The Morgan fingerprint density at radius 3 is 2.62 bits per heavy atom. The van der Waals surface area contributed by atoms with Gasteiger partial charge in [-0.1, -0.05) is 53.2 Å². The van der Waals surface area contributed by atoms with E-state index in [0.717, 1.165) is 0 Å². The molecule has 0 aromatic heterocycles. The average Bonchev–Trinajstić information content (AvgIpc) is 2.62. The maximum atomic E-state index is 12.5. The first-order chi connectivity index (χ1) is 12.4. The van der Waals surface area contributed by atoms with E-state index in [2.05, 4.69) is 10.3 Å². The van der Waals surface area contributed by atoms with Gasteiger partial charge in [-0.2, -0.15) is 0 Å². The van der Waals surface area contributed by atoms with Gasteiger partial charge in [-0.3, -0.25) is 14.5 Å². The topological polar surface area (TPSA) is 61.8 Å².